The number of aldehydes is 1. The van der Waals surface area contributed by atoms with Gasteiger partial charge >= 0.3 is 5.97 Å². The number of hydrogen-bond acceptors (Lipinski definition) is 10. The number of primary amides is 1. The third-order valence-electron chi connectivity index (χ3n) is 4.88. The number of esters is 1. The molecule has 0 atom stereocenters. The highest BCUT2D eigenvalue weighted by Crippen LogP contribution is 2.40. The van der Waals surface area contributed by atoms with Crippen LogP contribution in [0.2, 0.25) is 0 Å². The number of carbonyl (C=O) groups is 3. The first-order valence-electron chi connectivity index (χ1n) is 11.0. The monoisotopic (exact) mass is 505 g/mol. The molecule has 0 aliphatic heterocycles. The number of nitrogens with two attached hydrogens (primary N) is 1. The zero-order valence-corrected chi connectivity index (χ0v) is 20.6. The molecule has 0 aromatic heterocycles. The molecule has 0 saturated heterocycles. The Hall–Kier alpha value is -3.51. The van der Waals surface area contributed by atoms with E-state index in [-0.39, 0.29) is 43.5 Å². The maximum Gasteiger partial charge on any atom is 0.309 e. The molecule has 2 rings (SSSR count). The summed E-state index contributed by atoms with van der Waals surface area (Å²) in [5.41, 5.74) is 7.12. The van der Waals surface area contributed by atoms with Gasteiger partial charge in [-0.2, -0.15) is 0 Å². The minimum atomic E-state index is -0.661. The van der Waals surface area contributed by atoms with E-state index in [1.54, 1.807) is 26.4 Å². The Morgan fingerprint density at radius 2 is 1.53 bits per heavy atom. The fraction of sp³-hybridized carbons (Fsp3) is 0.400. The van der Waals surface area contributed by atoms with E-state index in [1.165, 1.54) is 25.3 Å². The normalized spacial score (nSPS) is 10.6. The molecule has 1 amide bonds. The molecule has 0 radical (unpaired) electrons. The summed E-state index contributed by atoms with van der Waals surface area (Å²) in [7, 11) is 4.36. The summed E-state index contributed by atoms with van der Waals surface area (Å²) in [5.74, 6) is -0.661. The van der Waals surface area contributed by atoms with E-state index in [0.29, 0.717) is 48.5 Å². The lowest BCUT2D eigenvalue weighted by Gasteiger charge is -2.19. The Labute approximate surface area is 209 Å². The van der Waals surface area contributed by atoms with Crippen LogP contribution >= 0.6 is 0 Å². The fourth-order valence-corrected chi connectivity index (χ4v) is 3.13. The second-order valence-corrected chi connectivity index (χ2v) is 7.33. The minimum absolute atomic E-state index is 0.0964. The first kappa shape index (κ1) is 28.7. The predicted molar refractivity (Wildman–Crippen MR) is 128 cm³/mol. The molecule has 11 nitrogen and oxygen atoms in total. The number of rotatable bonds is 17. The predicted octanol–water partition coefficient (Wildman–Crippen LogP) is 1.98. The standard InChI is InChI=1S/C25H31NO10/c1-30-6-8-33-15-35-22-5-4-18(25(26)29)13-20(22)21-11-17(12-23(28)32-3)10-19(14-27)24(21)36-16-34-9-7-31-2/h4-5,10-11,13-14H,6-9,12,15-16H2,1-3H3,(H2,26,29). The molecule has 0 unspecified atom stereocenters. The summed E-state index contributed by atoms with van der Waals surface area (Å²) in [6.45, 7) is 1.03. The largest absolute Gasteiger partial charge is 0.469 e. The van der Waals surface area contributed by atoms with Gasteiger partial charge in [0.05, 0.1) is 45.5 Å². The third kappa shape index (κ3) is 8.61. The quantitative estimate of drug-likeness (QED) is 0.147. The molecule has 11 heteroatoms. The maximum atomic E-state index is 12.0. The zero-order valence-electron chi connectivity index (χ0n) is 20.6. The SMILES string of the molecule is COCCOCOc1ccc(C(N)=O)cc1-c1cc(CC(=O)OC)cc(C=O)c1OCOCCOC. The summed E-state index contributed by atoms with van der Waals surface area (Å²) < 4.78 is 37.1. The minimum Gasteiger partial charge on any atom is -0.469 e. The van der Waals surface area contributed by atoms with Gasteiger partial charge in [-0.3, -0.25) is 14.4 Å². The van der Waals surface area contributed by atoms with Crippen LogP contribution in [-0.2, 0) is 34.9 Å². The van der Waals surface area contributed by atoms with Crippen LogP contribution in [0.3, 0.4) is 0 Å². The van der Waals surface area contributed by atoms with Crippen molar-refractivity contribution in [1.29, 1.82) is 0 Å². The molecule has 36 heavy (non-hydrogen) atoms. The number of amides is 1. The van der Waals surface area contributed by atoms with E-state index in [2.05, 4.69) is 0 Å². The second-order valence-electron chi connectivity index (χ2n) is 7.33. The van der Waals surface area contributed by atoms with Crippen LogP contribution in [0, 0.1) is 0 Å². The van der Waals surface area contributed by atoms with Crippen LogP contribution < -0.4 is 15.2 Å². The summed E-state index contributed by atoms with van der Waals surface area (Å²) in [6, 6.07) is 7.74. The summed E-state index contributed by atoms with van der Waals surface area (Å²) in [4.78, 5) is 35.9. The molecular weight excluding hydrogens is 474 g/mol. The first-order chi connectivity index (χ1) is 17.4. The molecule has 0 fully saturated rings. The van der Waals surface area contributed by atoms with Gasteiger partial charge in [-0.1, -0.05) is 0 Å². The van der Waals surface area contributed by atoms with Crippen molar-refractivity contribution in [3.05, 3.63) is 47.0 Å². The van der Waals surface area contributed by atoms with Gasteiger partial charge in [0.15, 0.2) is 19.9 Å². The number of ether oxygens (including phenoxy) is 7. The van der Waals surface area contributed by atoms with Gasteiger partial charge in [-0.25, -0.2) is 0 Å². The number of hydrogen-bond donors (Lipinski definition) is 1. The van der Waals surface area contributed by atoms with E-state index >= 15 is 0 Å². The second kappa shape index (κ2) is 15.5. The van der Waals surface area contributed by atoms with Crippen molar-refractivity contribution < 1.29 is 47.5 Å². The van der Waals surface area contributed by atoms with E-state index < -0.39 is 11.9 Å². The average molecular weight is 506 g/mol. The maximum absolute atomic E-state index is 12.0. The fourth-order valence-electron chi connectivity index (χ4n) is 3.13. The van der Waals surface area contributed by atoms with Crippen molar-refractivity contribution in [3.63, 3.8) is 0 Å². The molecular formula is C25H31NO10. The highest BCUT2D eigenvalue weighted by atomic mass is 16.7. The molecule has 0 spiro atoms. The van der Waals surface area contributed by atoms with Gasteiger partial charge in [0, 0.05) is 30.9 Å². The van der Waals surface area contributed by atoms with Crippen LogP contribution in [0.4, 0.5) is 0 Å². The molecule has 0 aliphatic rings. The van der Waals surface area contributed by atoms with E-state index in [4.69, 9.17) is 38.9 Å². The van der Waals surface area contributed by atoms with Crippen LogP contribution in [0.25, 0.3) is 11.1 Å². The first-order valence-corrected chi connectivity index (χ1v) is 11.0. The molecule has 2 aromatic rings. The van der Waals surface area contributed by atoms with Gasteiger partial charge in [0.25, 0.3) is 0 Å². The van der Waals surface area contributed by atoms with Gasteiger partial charge in [-0.05, 0) is 35.9 Å². The van der Waals surface area contributed by atoms with Crippen molar-refractivity contribution in [2.24, 2.45) is 5.73 Å². The average Bonchev–Trinajstić information content (AvgIpc) is 2.88. The topological polar surface area (TPSA) is 142 Å². The van der Waals surface area contributed by atoms with Crippen LogP contribution in [0.15, 0.2) is 30.3 Å². The number of carbonyl (C=O) groups excluding carboxylic acids is 3. The van der Waals surface area contributed by atoms with Crippen molar-refractivity contribution >= 4 is 18.2 Å². The Morgan fingerprint density at radius 1 is 0.861 bits per heavy atom. The molecule has 2 N–H and O–H groups in total. The molecule has 0 bridgehead atoms. The van der Waals surface area contributed by atoms with Crippen molar-refractivity contribution in [2.45, 2.75) is 6.42 Å². The highest BCUT2D eigenvalue weighted by Gasteiger charge is 2.20. The van der Waals surface area contributed by atoms with Gasteiger partial charge in [0.1, 0.15) is 11.5 Å². The molecule has 0 heterocycles. The lowest BCUT2D eigenvalue weighted by molar-refractivity contribution is -0.139. The number of benzene rings is 2. The summed E-state index contributed by atoms with van der Waals surface area (Å²) >= 11 is 0. The summed E-state index contributed by atoms with van der Waals surface area (Å²) in [6.07, 6.45) is 0.502. The third-order valence-corrected chi connectivity index (χ3v) is 4.88. The lowest BCUT2D eigenvalue weighted by atomic mass is 9.95. The molecule has 0 saturated carbocycles. The van der Waals surface area contributed by atoms with Gasteiger partial charge < -0.3 is 38.9 Å². The van der Waals surface area contributed by atoms with Crippen molar-refractivity contribution in [3.8, 4) is 22.6 Å². The Kier molecular flexibility index (Phi) is 12.4. The van der Waals surface area contributed by atoms with Crippen LogP contribution in [-0.4, -0.2) is 79.5 Å². The smallest absolute Gasteiger partial charge is 0.309 e. The summed E-state index contributed by atoms with van der Waals surface area (Å²) in [5, 5.41) is 0. The number of methoxy groups -OCH3 is 3. The highest BCUT2D eigenvalue weighted by molar-refractivity contribution is 5.96. The molecule has 196 valence electrons. The van der Waals surface area contributed by atoms with Crippen molar-refractivity contribution in [1.82, 2.24) is 0 Å². The lowest BCUT2D eigenvalue weighted by Crippen LogP contribution is -2.13. The van der Waals surface area contributed by atoms with Crippen molar-refractivity contribution in [2.75, 3.05) is 61.3 Å². The Bertz CT molecular complexity index is 1020. The van der Waals surface area contributed by atoms with E-state index in [0.717, 1.165) is 0 Å². The Balaban J connectivity index is 2.56. The molecule has 0 aliphatic carbocycles. The van der Waals surface area contributed by atoms with Crippen LogP contribution in [0.5, 0.6) is 11.5 Å². The van der Waals surface area contributed by atoms with E-state index in [9.17, 15) is 14.4 Å². The zero-order chi connectivity index (χ0) is 26.3. The van der Waals surface area contributed by atoms with Crippen LogP contribution in [0.1, 0.15) is 26.3 Å². The van der Waals surface area contributed by atoms with Gasteiger partial charge in [-0.15, -0.1) is 0 Å². The Morgan fingerprint density at radius 3 is 2.11 bits per heavy atom. The van der Waals surface area contributed by atoms with E-state index in [1.807, 2.05) is 0 Å². The molecule has 2 aromatic carbocycles. The van der Waals surface area contributed by atoms with Gasteiger partial charge in [0.2, 0.25) is 5.91 Å².